The first kappa shape index (κ1) is 11.6. The molecule has 0 amide bonds. The molecule has 4 nitrogen and oxygen atoms in total. The topological polar surface area (TPSA) is 49.5 Å². The van der Waals surface area contributed by atoms with Gasteiger partial charge in [0.1, 0.15) is 5.76 Å². The third kappa shape index (κ3) is 2.83. The predicted molar refractivity (Wildman–Crippen MR) is 60.9 cm³/mol. The summed E-state index contributed by atoms with van der Waals surface area (Å²) >= 11 is 0. The lowest BCUT2D eigenvalue weighted by Crippen LogP contribution is -2.29. The molecule has 0 radical (unpaired) electrons. The highest BCUT2D eigenvalue weighted by Gasteiger charge is 2.26. The van der Waals surface area contributed by atoms with Crippen LogP contribution < -0.4 is 0 Å². The molecule has 1 N–H and O–H groups in total. The first-order valence-corrected chi connectivity index (χ1v) is 5.93. The summed E-state index contributed by atoms with van der Waals surface area (Å²) in [5, 5.41) is 9.74. The smallest absolute Gasteiger partial charge is 0.208 e. The molecule has 1 heterocycles. The van der Waals surface area contributed by atoms with Gasteiger partial charge < -0.3 is 9.52 Å². The molecule has 2 rings (SSSR count). The lowest BCUT2D eigenvalue weighted by Gasteiger charge is -2.21. The zero-order valence-electron chi connectivity index (χ0n) is 10.0. The Kier molecular flexibility index (Phi) is 3.61. The van der Waals surface area contributed by atoms with Crippen LogP contribution in [0.5, 0.6) is 0 Å². The van der Waals surface area contributed by atoms with Gasteiger partial charge in [-0.3, -0.25) is 4.90 Å². The Morgan fingerprint density at radius 2 is 2.38 bits per heavy atom. The van der Waals surface area contributed by atoms with Crippen molar-refractivity contribution in [2.45, 2.75) is 38.8 Å². The van der Waals surface area contributed by atoms with E-state index >= 15 is 0 Å². The van der Waals surface area contributed by atoms with E-state index in [-0.39, 0.29) is 6.10 Å². The second kappa shape index (κ2) is 4.97. The summed E-state index contributed by atoms with van der Waals surface area (Å²) in [5.74, 6) is 2.03. The van der Waals surface area contributed by atoms with Crippen molar-refractivity contribution in [1.82, 2.24) is 9.88 Å². The van der Waals surface area contributed by atoms with E-state index in [1.54, 1.807) is 6.20 Å². The van der Waals surface area contributed by atoms with Crippen molar-refractivity contribution in [3.05, 3.63) is 17.8 Å². The van der Waals surface area contributed by atoms with E-state index in [1.807, 2.05) is 14.0 Å². The average molecular weight is 224 g/mol. The van der Waals surface area contributed by atoms with Crippen LogP contribution in [-0.4, -0.2) is 34.7 Å². The quantitative estimate of drug-likeness (QED) is 0.843. The lowest BCUT2D eigenvalue weighted by atomic mass is 10.1. The Labute approximate surface area is 96.3 Å². The molecule has 16 heavy (non-hydrogen) atoms. The fourth-order valence-electron chi connectivity index (χ4n) is 2.40. The molecule has 0 aromatic carbocycles. The number of rotatable bonds is 4. The van der Waals surface area contributed by atoms with Crippen molar-refractivity contribution in [2.24, 2.45) is 5.92 Å². The summed E-state index contributed by atoms with van der Waals surface area (Å²) < 4.78 is 5.43. The number of aliphatic hydroxyl groups excluding tert-OH is 1. The van der Waals surface area contributed by atoms with Crippen LogP contribution >= 0.6 is 0 Å². The van der Waals surface area contributed by atoms with Crippen LogP contribution in [0.4, 0.5) is 0 Å². The van der Waals surface area contributed by atoms with Crippen LogP contribution in [0.3, 0.4) is 0 Å². The SMILES string of the molecule is Cc1cnc(CN(C)CC2CCCC2O)o1. The minimum absolute atomic E-state index is 0.117. The molecule has 0 aliphatic heterocycles. The first-order chi connectivity index (χ1) is 7.65. The van der Waals surface area contributed by atoms with Crippen LogP contribution in [-0.2, 0) is 6.54 Å². The highest BCUT2D eigenvalue weighted by molar-refractivity contribution is 4.90. The van der Waals surface area contributed by atoms with Gasteiger partial charge in [-0.25, -0.2) is 4.98 Å². The molecular weight excluding hydrogens is 204 g/mol. The summed E-state index contributed by atoms with van der Waals surface area (Å²) in [5.41, 5.74) is 0. The van der Waals surface area contributed by atoms with E-state index in [4.69, 9.17) is 4.42 Å². The van der Waals surface area contributed by atoms with Crippen molar-refractivity contribution in [3.8, 4) is 0 Å². The van der Waals surface area contributed by atoms with Crippen molar-refractivity contribution < 1.29 is 9.52 Å². The number of hydrogen-bond acceptors (Lipinski definition) is 4. The van der Waals surface area contributed by atoms with E-state index in [9.17, 15) is 5.11 Å². The van der Waals surface area contributed by atoms with Crippen LogP contribution in [0.15, 0.2) is 10.6 Å². The molecule has 2 atom stereocenters. The second-order valence-electron chi connectivity index (χ2n) is 4.82. The van der Waals surface area contributed by atoms with Crippen LogP contribution in [0.1, 0.15) is 30.9 Å². The van der Waals surface area contributed by atoms with Gasteiger partial charge in [0.15, 0.2) is 0 Å². The van der Waals surface area contributed by atoms with Crippen molar-refractivity contribution >= 4 is 0 Å². The van der Waals surface area contributed by atoms with Crippen LogP contribution in [0, 0.1) is 12.8 Å². The zero-order valence-corrected chi connectivity index (χ0v) is 10.0. The van der Waals surface area contributed by atoms with Gasteiger partial charge in [0.25, 0.3) is 0 Å². The zero-order chi connectivity index (χ0) is 11.5. The standard InChI is InChI=1S/C12H20N2O2/c1-9-6-13-12(16-9)8-14(2)7-10-4-3-5-11(10)15/h6,10-11,15H,3-5,7-8H2,1-2H3. The highest BCUT2D eigenvalue weighted by atomic mass is 16.4. The maximum Gasteiger partial charge on any atom is 0.208 e. The average Bonchev–Trinajstić information content (AvgIpc) is 2.77. The number of nitrogens with zero attached hydrogens (tertiary/aromatic N) is 2. The van der Waals surface area contributed by atoms with E-state index in [2.05, 4.69) is 9.88 Å². The van der Waals surface area contributed by atoms with Crippen molar-refractivity contribution in [3.63, 3.8) is 0 Å². The van der Waals surface area contributed by atoms with Crippen LogP contribution in [0.2, 0.25) is 0 Å². The highest BCUT2D eigenvalue weighted by Crippen LogP contribution is 2.26. The number of aryl methyl sites for hydroxylation is 1. The molecule has 0 spiro atoms. The summed E-state index contributed by atoms with van der Waals surface area (Å²) in [4.78, 5) is 6.35. The van der Waals surface area contributed by atoms with Gasteiger partial charge in [-0.2, -0.15) is 0 Å². The molecule has 0 saturated heterocycles. The van der Waals surface area contributed by atoms with Gasteiger partial charge >= 0.3 is 0 Å². The molecule has 1 aliphatic carbocycles. The molecule has 4 heteroatoms. The van der Waals surface area contributed by atoms with Gasteiger partial charge in [-0.1, -0.05) is 6.42 Å². The number of hydrogen-bond donors (Lipinski definition) is 1. The van der Waals surface area contributed by atoms with Gasteiger partial charge in [-0.05, 0) is 32.7 Å². The Bertz CT molecular complexity index is 338. The third-order valence-electron chi connectivity index (χ3n) is 3.24. The normalized spacial score (nSPS) is 25.5. The molecular formula is C12H20N2O2. The molecule has 0 bridgehead atoms. The fourth-order valence-corrected chi connectivity index (χ4v) is 2.40. The van der Waals surface area contributed by atoms with E-state index in [1.165, 1.54) is 0 Å². The maximum absolute atomic E-state index is 9.74. The van der Waals surface area contributed by atoms with Gasteiger partial charge in [0, 0.05) is 6.54 Å². The second-order valence-corrected chi connectivity index (χ2v) is 4.82. The molecule has 1 fully saturated rings. The van der Waals surface area contributed by atoms with Crippen molar-refractivity contribution in [1.29, 1.82) is 0 Å². The number of oxazole rings is 1. The van der Waals surface area contributed by atoms with Gasteiger partial charge in [-0.15, -0.1) is 0 Å². The van der Waals surface area contributed by atoms with Crippen molar-refractivity contribution in [2.75, 3.05) is 13.6 Å². The summed E-state index contributed by atoms with van der Waals surface area (Å²) in [6.45, 7) is 3.54. The Balaban J connectivity index is 1.82. The summed E-state index contributed by atoms with van der Waals surface area (Å²) in [7, 11) is 2.05. The molecule has 1 aliphatic rings. The van der Waals surface area contributed by atoms with E-state index in [0.717, 1.165) is 44.0 Å². The fraction of sp³-hybridized carbons (Fsp3) is 0.750. The molecule has 1 saturated carbocycles. The molecule has 2 unspecified atom stereocenters. The Hall–Kier alpha value is -0.870. The lowest BCUT2D eigenvalue weighted by molar-refractivity contribution is 0.105. The van der Waals surface area contributed by atoms with Gasteiger partial charge in [0.2, 0.25) is 5.89 Å². The summed E-state index contributed by atoms with van der Waals surface area (Å²) in [6, 6.07) is 0. The van der Waals surface area contributed by atoms with E-state index < -0.39 is 0 Å². The number of aromatic nitrogens is 1. The molecule has 90 valence electrons. The molecule has 1 aromatic heterocycles. The van der Waals surface area contributed by atoms with Gasteiger partial charge in [0.05, 0.1) is 18.8 Å². The molecule has 1 aromatic rings. The van der Waals surface area contributed by atoms with E-state index in [0.29, 0.717) is 5.92 Å². The summed E-state index contributed by atoms with van der Waals surface area (Å²) in [6.07, 6.45) is 4.87. The number of aliphatic hydroxyl groups is 1. The Morgan fingerprint density at radius 1 is 1.56 bits per heavy atom. The first-order valence-electron chi connectivity index (χ1n) is 5.93. The Morgan fingerprint density at radius 3 is 2.94 bits per heavy atom. The predicted octanol–water partition coefficient (Wildman–Crippen LogP) is 1.58. The minimum Gasteiger partial charge on any atom is -0.445 e. The third-order valence-corrected chi connectivity index (χ3v) is 3.24. The minimum atomic E-state index is -0.117. The van der Waals surface area contributed by atoms with Crippen LogP contribution in [0.25, 0.3) is 0 Å². The monoisotopic (exact) mass is 224 g/mol. The maximum atomic E-state index is 9.74. The largest absolute Gasteiger partial charge is 0.445 e.